The number of ether oxygens (including phenoxy) is 1. The van der Waals surface area contributed by atoms with Gasteiger partial charge in [-0.15, -0.1) is 0 Å². The molecule has 170 valence electrons. The number of barbiturate groups is 1. The van der Waals surface area contributed by atoms with Crippen molar-refractivity contribution in [1.82, 2.24) is 9.80 Å². The molecule has 3 rings (SSSR count). The van der Waals surface area contributed by atoms with E-state index in [1.807, 2.05) is 0 Å². The SMILES string of the molecule is CCN1C(=O)C(=C/C=C/C=C2\Oc3ccc(Cl)cc3N2CSOO[O-])C(=O)N(CC)C1=O. The summed E-state index contributed by atoms with van der Waals surface area (Å²) in [6, 6.07) is 4.44. The molecule has 2 aliphatic rings. The van der Waals surface area contributed by atoms with Crippen LogP contribution in [0.4, 0.5) is 10.5 Å². The number of hydrogen-bond acceptors (Lipinski definition) is 9. The Labute approximate surface area is 193 Å². The Hall–Kier alpha value is -2.83. The normalized spacial score (nSPS) is 17.6. The van der Waals surface area contributed by atoms with Crippen molar-refractivity contribution in [3.05, 3.63) is 59.0 Å². The number of imide groups is 2. The first kappa shape index (κ1) is 23.8. The van der Waals surface area contributed by atoms with Crippen LogP contribution >= 0.6 is 23.6 Å². The first-order chi connectivity index (χ1) is 15.4. The Morgan fingerprint density at radius 2 is 1.72 bits per heavy atom. The Balaban J connectivity index is 1.82. The van der Waals surface area contributed by atoms with E-state index in [4.69, 9.17) is 16.3 Å². The van der Waals surface area contributed by atoms with Gasteiger partial charge in [0.1, 0.15) is 11.4 Å². The van der Waals surface area contributed by atoms with Gasteiger partial charge in [-0.2, -0.15) is 4.33 Å². The maximum atomic E-state index is 12.5. The van der Waals surface area contributed by atoms with Crippen LogP contribution in [0.25, 0.3) is 0 Å². The summed E-state index contributed by atoms with van der Waals surface area (Å²) >= 11 is 6.81. The van der Waals surface area contributed by atoms with Crippen molar-refractivity contribution in [2.75, 3.05) is 23.9 Å². The average Bonchev–Trinajstić information content (AvgIpc) is 3.10. The predicted molar refractivity (Wildman–Crippen MR) is 115 cm³/mol. The third-order valence-electron chi connectivity index (χ3n) is 4.61. The lowest BCUT2D eigenvalue weighted by Crippen LogP contribution is -2.56. The Bertz CT molecular complexity index is 983. The summed E-state index contributed by atoms with van der Waals surface area (Å²) in [5.41, 5.74) is 0.546. The zero-order valence-corrected chi connectivity index (χ0v) is 18.7. The molecule has 1 aromatic carbocycles. The van der Waals surface area contributed by atoms with E-state index in [2.05, 4.69) is 9.37 Å². The number of nitrogens with zero attached hydrogens (tertiary/aromatic N) is 3. The van der Waals surface area contributed by atoms with Gasteiger partial charge in [0, 0.05) is 18.1 Å². The van der Waals surface area contributed by atoms with Gasteiger partial charge < -0.3 is 9.99 Å². The van der Waals surface area contributed by atoms with Gasteiger partial charge in [0.15, 0.2) is 5.75 Å². The van der Waals surface area contributed by atoms with E-state index in [1.165, 1.54) is 12.2 Å². The molecule has 0 spiro atoms. The monoisotopic (exact) mass is 480 g/mol. The zero-order chi connectivity index (χ0) is 23.3. The van der Waals surface area contributed by atoms with E-state index in [9.17, 15) is 19.6 Å². The van der Waals surface area contributed by atoms with Gasteiger partial charge >= 0.3 is 6.03 Å². The molecular weight excluding hydrogens is 462 g/mol. The van der Waals surface area contributed by atoms with Gasteiger partial charge in [0.2, 0.25) is 5.88 Å². The number of carbonyl (C=O) groups is 3. The van der Waals surface area contributed by atoms with E-state index >= 15 is 0 Å². The molecule has 0 atom stereocenters. The van der Waals surface area contributed by atoms with Crippen LogP contribution in [0.3, 0.4) is 0 Å². The van der Waals surface area contributed by atoms with Crippen molar-refractivity contribution >= 4 is 47.2 Å². The average molecular weight is 481 g/mol. The molecule has 1 saturated heterocycles. The topological polar surface area (TPSA) is 112 Å². The second kappa shape index (κ2) is 10.7. The smallest absolute Gasteiger partial charge is 0.333 e. The number of fused-ring (bicyclic) bond motifs is 1. The minimum Gasteiger partial charge on any atom is -0.691 e. The molecule has 0 saturated carbocycles. The number of hydrogen-bond donors (Lipinski definition) is 0. The highest BCUT2D eigenvalue weighted by molar-refractivity contribution is 7.94. The first-order valence-corrected chi connectivity index (χ1v) is 10.8. The van der Waals surface area contributed by atoms with Crippen LogP contribution in [-0.2, 0) is 19.0 Å². The molecule has 2 aliphatic heterocycles. The molecule has 0 N–H and O–H groups in total. The van der Waals surface area contributed by atoms with E-state index in [1.54, 1.807) is 49.1 Å². The summed E-state index contributed by atoms with van der Waals surface area (Å²) in [7, 11) is 0. The standard InChI is InChI=1S/C20H20ClN3O7S/c1-3-22-18(25)14(19(26)23(4-2)20(22)27)7-5-6-8-17-24(12-32-31-30-28)15-11-13(21)9-10-16(15)29-17/h5-11,28H,3-4,12H2,1-2H3/p-1/b6-5+,17-8-. The van der Waals surface area contributed by atoms with Crippen LogP contribution in [0.15, 0.2) is 54.0 Å². The summed E-state index contributed by atoms with van der Waals surface area (Å²) in [5, 5.41) is 13.9. The number of anilines is 1. The second-order valence-corrected chi connectivity index (χ2v) is 7.44. The van der Waals surface area contributed by atoms with Crippen LogP contribution in [0.2, 0.25) is 5.02 Å². The fourth-order valence-corrected chi connectivity index (χ4v) is 3.74. The minimum absolute atomic E-state index is 0.112. The maximum Gasteiger partial charge on any atom is 0.333 e. The van der Waals surface area contributed by atoms with Crippen LogP contribution in [0.1, 0.15) is 13.8 Å². The van der Waals surface area contributed by atoms with Crippen LogP contribution in [0.5, 0.6) is 5.75 Å². The number of allylic oxidation sites excluding steroid dienone is 4. The molecule has 0 unspecified atom stereocenters. The molecule has 12 heteroatoms. The van der Waals surface area contributed by atoms with Crippen molar-refractivity contribution < 1.29 is 33.7 Å². The van der Waals surface area contributed by atoms with Gasteiger partial charge in [-0.05, 0) is 44.2 Å². The molecule has 32 heavy (non-hydrogen) atoms. The number of likely N-dealkylation sites (N-methyl/N-ethyl adjacent to an activating group) is 2. The van der Waals surface area contributed by atoms with Crippen molar-refractivity contribution in [2.45, 2.75) is 13.8 Å². The third kappa shape index (κ3) is 4.81. The molecule has 0 radical (unpaired) electrons. The molecule has 2 heterocycles. The number of urea groups is 1. The first-order valence-electron chi connectivity index (χ1n) is 9.52. The third-order valence-corrected chi connectivity index (χ3v) is 5.36. The quantitative estimate of drug-likeness (QED) is 0.138. The lowest BCUT2D eigenvalue weighted by atomic mass is 10.1. The Morgan fingerprint density at radius 1 is 1.06 bits per heavy atom. The summed E-state index contributed by atoms with van der Waals surface area (Å²) in [4.78, 5) is 41.0. The fraction of sp³-hybridized carbons (Fsp3) is 0.250. The molecule has 1 aromatic rings. The number of carbonyl (C=O) groups excluding carboxylic acids is 3. The highest BCUT2D eigenvalue weighted by atomic mass is 35.5. The largest absolute Gasteiger partial charge is 0.691 e. The highest BCUT2D eigenvalue weighted by Gasteiger charge is 2.40. The van der Waals surface area contributed by atoms with Gasteiger partial charge in [-0.3, -0.25) is 29.3 Å². The van der Waals surface area contributed by atoms with Crippen LogP contribution < -0.4 is 14.9 Å². The van der Waals surface area contributed by atoms with Crippen molar-refractivity contribution in [1.29, 1.82) is 0 Å². The lowest BCUT2D eigenvalue weighted by Gasteiger charge is -2.32. The summed E-state index contributed by atoms with van der Waals surface area (Å²) in [6.45, 7) is 3.63. The number of halogens is 1. The van der Waals surface area contributed by atoms with E-state index in [0.717, 1.165) is 21.8 Å². The fourth-order valence-electron chi connectivity index (χ4n) is 3.12. The second-order valence-electron chi connectivity index (χ2n) is 6.38. The molecule has 0 aromatic heterocycles. The summed E-state index contributed by atoms with van der Waals surface area (Å²) in [5.74, 6) is -0.190. The van der Waals surface area contributed by atoms with Gasteiger partial charge in [-0.1, -0.05) is 23.8 Å². The summed E-state index contributed by atoms with van der Waals surface area (Å²) < 4.78 is 10.1. The van der Waals surface area contributed by atoms with E-state index in [-0.39, 0.29) is 24.5 Å². The van der Waals surface area contributed by atoms with Crippen molar-refractivity contribution in [3.63, 3.8) is 0 Å². The molecule has 0 aliphatic carbocycles. The Morgan fingerprint density at radius 3 is 2.34 bits per heavy atom. The van der Waals surface area contributed by atoms with Gasteiger partial charge in [0.05, 0.1) is 17.7 Å². The van der Waals surface area contributed by atoms with Crippen molar-refractivity contribution in [2.24, 2.45) is 0 Å². The van der Waals surface area contributed by atoms with Crippen LogP contribution in [-0.4, -0.2) is 46.6 Å². The Kier molecular flexibility index (Phi) is 7.94. The molecule has 10 nitrogen and oxygen atoms in total. The molecule has 4 amide bonds. The molecule has 0 bridgehead atoms. The van der Waals surface area contributed by atoms with Crippen LogP contribution in [0, 0.1) is 0 Å². The number of amides is 4. The molecular formula is C20H19ClN3O7S-. The minimum atomic E-state index is -0.642. The zero-order valence-electron chi connectivity index (χ0n) is 17.1. The van der Waals surface area contributed by atoms with Crippen molar-refractivity contribution in [3.8, 4) is 5.75 Å². The summed E-state index contributed by atoms with van der Waals surface area (Å²) in [6.07, 6.45) is 6.02. The predicted octanol–water partition coefficient (Wildman–Crippen LogP) is 2.52. The number of rotatable bonds is 8. The lowest BCUT2D eigenvalue weighted by molar-refractivity contribution is -0.777. The van der Waals surface area contributed by atoms with E-state index in [0.29, 0.717) is 22.3 Å². The van der Waals surface area contributed by atoms with E-state index < -0.39 is 17.8 Å². The molecule has 1 fully saturated rings. The van der Waals surface area contributed by atoms with Gasteiger partial charge in [0.25, 0.3) is 11.8 Å². The van der Waals surface area contributed by atoms with Gasteiger partial charge in [-0.25, -0.2) is 4.79 Å². The highest BCUT2D eigenvalue weighted by Crippen LogP contribution is 2.41. The maximum absolute atomic E-state index is 12.5. The number of benzene rings is 1.